The van der Waals surface area contributed by atoms with Crippen LogP contribution in [-0.4, -0.2) is 30.1 Å². The van der Waals surface area contributed by atoms with Crippen molar-refractivity contribution in [2.75, 3.05) is 5.32 Å². The zero-order chi connectivity index (χ0) is 19.1. The lowest BCUT2D eigenvalue weighted by Gasteiger charge is -2.13. The van der Waals surface area contributed by atoms with E-state index in [0.717, 1.165) is 54.5 Å². The Kier molecular flexibility index (Phi) is 4.37. The lowest BCUT2D eigenvalue weighted by Crippen LogP contribution is -2.32. The first kappa shape index (κ1) is 17.4. The van der Waals surface area contributed by atoms with Crippen LogP contribution in [0.15, 0.2) is 29.2 Å². The normalized spacial score (nSPS) is 19.2. The van der Waals surface area contributed by atoms with Crippen LogP contribution in [0.2, 0.25) is 0 Å². The Morgan fingerprint density at radius 3 is 2.82 bits per heavy atom. The molecule has 1 saturated carbocycles. The Bertz CT molecular complexity index is 1000. The maximum Gasteiger partial charge on any atom is 0.331 e. The first-order chi connectivity index (χ1) is 13.7. The molecule has 3 aliphatic heterocycles. The molecule has 4 heterocycles. The average Bonchev–Trinajstić information content (AvgIpc) is 3.44. The average molecular weight is 378 g/mol. The summed E-state index contributed by atoms with van der Waals surface area (Å²) < 4.78 is 3.66. The number of imidazole rings is 1. The number of nitrogens with zero attached hydrogens (tertiary/aromatic N) is 5. The summed E-state index contributed by atoms with van der Waals surface area (Å²) in [6, 6.07) is 6.09. The first-order valence-corrected chi connectivity index (χ1v) is 10.4. The molecular formula is C21H26N6O. The molecule has 7 nitrogen and oxygen atoms in total. The Morgan fingerprint density at radius 1 is 1.21 bits per heavy atom. The minimum Gasteiger partial charge on any atom is -0.365 e. The van der Waals surface area contributed by atoms with Gasteiger partial charge in [0.1, 0.15) is 17.3 Å². The van der Waals surface area contributed by atoms with Crippen molar-refractivity contribution in [2.45, 2.75) is 70.5 Å². The van der Waals surface area contributed by atoms with Gasteiger partial charge in [-0.05, 0) is 31.4 Å². The van der Waals surface area contributed by atoms with Gasteiger partial charge < -0.3 is 5.32 Å². The zero-order valence-electron chi connectivity index (χ0n) is 16.3. The highest BCUT2D eigenvalue weighted by molar-refractivity contribution is 5.70. The van der Waals surface area contributed by atoms with Crippen molar-refractivity contribution in [1.29, 1.82) is 0 Å². The van der Waals surface area contributed by atoms with Crippen LogP contribution >= 0.6 is 0 Å². The van der Waals surface area contributed by atoms with Crippen LogP contribution in [0.1, 0.15) is 56.5 Å². The molecule has 4 aliphatic rings. The van der Waals surface area contributed by atoms with Crippen molar-refractivity contribution in [1.82, 2.24) is 24.1 Å². The largest absolute Gasteiger partial charge is 0.365 e. The third-order valence-corrected chi connectivity index (χ3v) is 5.96. The van der Waals surface area contributed by atoms with Crippen LogP contribution in [0, 0.1) is 0 Å². The molecule has 1 atom stereocenters. The Labute approximate surface area is 164 Å². The molecule has 0 saturated heterocycles. The summed E-state index contributed by atoms with van der Waals surface area (Å²) in [5, 5.41) is 3.55. The van der Waals surface area contributed by atoms with Crippen molar-refractivity contribution < 1.29 is 0 Å². The fourth-order valence-electron chi connectivity index (χ4n) is 4.61. The predicted octanol–water partition coefficient (Wildman–Crippen LogP) is 3.04. The molecule has 0 bridgehead atoms. The van der Waals surface area contributed by atoms with E-state index in [-0.39, 0.29) is 11.7 Å². The second-order valence-corrected chi connectivity index (χ2v) is 8.00. The van der Waals surface area contributed by atoms with Gasteiger partial charge in [-0.2, -0.15) is 0 Å². The SMILES string of the molecule is CCCn1c2nc(C3CCCC3)nc-2c2n(c1=O)CC(Cc1ccccn1)N2. The molecule has 1 aromatic rings. The van der Waals surface area contributed by atoms with Crippen molar-refractivity contribution >= 4 is 5.82 Å². The molecule has 1 N–H and O–H groups in total. The molecule has 7 heteroatoms. The maximum absolute atomic E-state index is 13.2. The van der Waals surface area contributed by atoms with E-state index in [1.807, 2.05) is 33.5 Å². The van der Waals surface area contributed by atoms with E-state index in [0.29, 0.717) is 19.0 Å². The zero-order valence-corrected chi connectivity index (χ0v) is 16.3. The minimum atomic E-state index is 0.0123. The molecule has 0 amide bonds. The summed E-state index contributed by atoms with van der Waals surface area (Å²) in [5.74, 6) is 2.92. The molecule has 0 aromatic carbocycles. The number of rotatable bonds is 5. The van der Waals surface area contributed by atoms with Crippen molar-refractivity contribution in [2.24, 2.45) is 0 Å². The van der Waals surface area contributed by atoms with Gasteiger partial charge in [0.25, 0.3) is 0 Å². The van der Waals surface area contributed by atoms with Gasteiger partial charge in [-0.1, -0.05) is 25.8 Å². The van der Waals surface area contributed by atoms with Gasteiger partial charge in [-0.15, -0.1) is 0 Å². The molecule has 1 aromatic heterocycles. The minimum absolute atomic E-state index is 0.0123. The highest BCUT2D eigenvalue weighted by Gasteiger charge is 2.33. The molecule has 0 spiro atoms. The topological polar surface area (TPSA) is 77.6 Å². The summed E-state index contributed by atoms with van der Waals surface area (Å²) in [4.78, 5) is 27.4. The summed E-state index contributed by atoms with van der Waals surface area (Å²) in [6.45, 7) is 3.39. The van der Waals surface area contributed by atoms with E-state index < -0.39 is 0 Å². The van der Waals surface area contributed by atoms with E-state index >= 15 is 0 Å². The van der Waals surface area contributed by atoms with Gasteiger partial charge >= 0.3 is 5.69 Å². The quantitative estimate of drug-likeness (QED) is 0.738. The standard InChI is InChI=1S/C21H26N6O/c1-2-11-26-20-17(24-18(25-20)14-7-3-4-8-14)19-23-16(13-27(19)21(26)28)12-15-9-5-6-10-22-15/h5-6,9-10,14,16,23H,2-4,7-8,11-13H2,1H3. The number of fused-ring (bicyclic) bond motifs is 3. The van der Waals surface area contributed by atoms with Crippen LogP contribution in [0.3, 0.4) is 0 Å². The molecular weight excluding hydrogens is 352 g/mol. The molecule has 28 heavy (non-hydrogen) atoms. The molecule has 0 radical (unpaired) electrons. The van der Waals surface area contributed by atoms with Crippen LogP contribution in [0.5, 0.6) is 0 Å². The lowest BCUT2D eigenvalue weighted by molar-refractivity contribution is 0.558. The van der Waals surface area contributed by atoms with E-state index in [2.05, 4.69) is 17.2 Å². The summed E-state index contributed by atoms with van der Waals surface area (Å²) in [7, 11) is 0. The summed E-state index contributed by atoms with van der Waals surface area (Å²) >= 11 is 0. The fourth-order valence-corrected chi connectivity index (χ4v) is 4.61. The van der Waals surface area contributed by atoms with Gasteiger partial charge in [-0.3, -0.25) is 14.1 Å². The highest BCUT2D eigenvalue weighted by atomic mass is 16.1. The first-order valence-electron chi connectivity index (χ1n) is 10.4. The van der Waals surface area contributed by atoms with Crippen LogP contribution < -0.4 is 11.0 Å². The van der Waals surface area contributed by atoms with Crippen LogP contribution in [0.4, 0.5) is 5.82 Å². The van der Waals surface area contributed by atoms with Gasteiger partial charge in [0.15, 0.2) is 5.82 Å². The maximum atomic E-state index is 13.2. The van der Waals surface area contributed by atoms with Gasteiger partial charge in [0, 0.05) is 37.3 Å². The highest BCUT2D eigenvalue weighted by Crippen LogP contribution is 2.37. The smallest absolute Gasteiger partial charge is 0.331 e. The number of nitrogens with one attached hydrogen (secondary N) is 1. The second-order valence-electron chi connectivity index (χ2n) is 8.00. The second kappa shape index (κ2) is 7.04. The third kappa shape index (κ3) is 2.89. The van der Waals surface area contributed by atoms with Gasteiger partial charge in [0.05, 0.1) is 6.04 Å². The summed E-state index contributed by atoms with van der Waals surface area (Å²) in [6.07, 6.45) is 8.28. The number of hydrogen-bond acceptors (Lipinski definition) is 5. The van der Waals surface area contributed by atoms with Gasteiger partial charge in [-0.25, -0.2) is 14.8 Å². The molecule has 146 valence electrons. The molecule has 1 fully saturated rings. The Balaban J connectivity index is 1.55. The number of aromatic nitrogens is 5. The van der Waals surface area contributed by atoms with E-state index in [4.69, 9.17) is 9.97 Å². The number of hydrogen-bond donors (Lipinski definition) is 1. The Hall–Kier alpha value is -2.70. The predicted molar refractivity (Wildman–Crippen MR) is 108 cm³/mol. The van der Waals surface area contributed by atoms with E-state index in [1.54, 1.807) is 0 Å². The van der Waals surface area contributed by atoms with Gasteiger partial charge in [0.2, 0.25) is 0 Å². The third-order valence-electron chi connectivity index (χ3n) is 5.96. The lowest BCUT2D eigenvalue weighted by atomic mass is 10.1. The number of anilines is 1. The van der Waals surface area contributed by atoms with Crippen molar-refractivity contribution in [3.8, 4) is 11.5 Å². The van der Waals surface area contributed by atoms with Crippen molar-refractivity contribution in [3.05, 3.63) is 46.4 Å². The molecule has 1 unspecified atom stereocenters. The molecule has 1 aliphatic carbocycles. The van der Waals surface area contributed by atoms with Crippen molar-refractivity contribution in [3.63, 3.8) is 0 Å². The van der Waals surface area contributed by atoms with Crippen LogP contribution in [0.25, 0.3) is 11.5 Å². The molecule has 5 rings (SSSR count). The van der Waals surface area contributed by atoms with Crippen LogP contribution in [-0.2, 0) is 19.5 Å². The summed E-state index contributed by atoms with van der Waals surface area (Å²) in [5.41, 5.74) is 1.88. The van der Waals surface area contributed by atoms with E-state index in [9.17, 15) is 4.79 Å². The monoisotopic (exact) mass is 378 g/mol. The van der Waals surface area contributed by atoms with E-state index in [1.165, 1.54) is 12.8 Å². The Morgan fingerprint density at radius 2 is 2.07 bits per heavy atom. The number of pyridine rings is 1. The fraction of sp³-hybridized carbons (Fsp3) is 0.524.